The van der Waals surface area contributed by atoms with Crippen LogP contribution in [0.2, 0.25) is 0 Å². The zero-order valence-corrected chi connectivity index (χ0v) is 24.0. The first kappa shape index (κ1) is 24.2. The Hall–Kier alpha value is -5.38. The van der Waals surface area contributed by atoms with Gasteiger partial charge < -0.3 is 9.32 Å². The van der Waals surface area contributed by atoms with E-state index in [0.29, 0.717) is 0 Å². The van der Waals surface area contributed by atoms with E-state index in [4.69, 9.17) is 4.42 Å². The Morgan fingerprint density at radius 3 is 1.98 bits per heavy atom. The van der Waals surface area contributed by atoms with Crippen molar-refractivity contribution in [3.8, 4) is 11.1 Å². The number of nitrogens with zero attached hydrogens (tertiary/aromatic N) is 1. The standard InChI is InChI=1S/C40H25NOS/c1-2-8-29(9-3-1)41(31-20-22-34-33-10-5-7-13-38(33)43-39(34)25-31)30-18-14-26(15-19-30)27-16-21-32-28(24-27)17-23-37-40(32)35-11-4-6-12-36(35)42-37/h1-25H. The maximum Gasteiger partial charge on any atom is 0.136 e. The third-order valence-corrected chi connectivity index (χ3v) is 9.59. The van der Waals surface area contributed by atoms with Crippen LogP contribution in [0, 0.1) is 0 Å². The third kappa shape index (κ3) is 3.93. The minimum absolute atomic E-state index is 0.930. The van der Waals surface area contributed by atoms with E-state index in [1.165, 1.54) is 47.5 Å². The van der Waals surface area contributed by atoms with Crippen molar-refractivity contribution in [2.75, 3.05) is 4.90 Å². The van der Waals surface area contributed by atoms with Crippen LogP contribution >= 0.6 is 11.3 Å². The SMILES string of the molecule is c1ccc(N(c2ccc(-c3ccc4c(ccc5oc6ccccc6c54)c3)cc2)c2ccc3c(c2)sc2ccccc23)cc1. The van der Waals surface area contributed by atoms with Crippen molar-refractivity contribution in [1.29, 1.82) is 0 Å². The molecule has 2 heterocycles. The quantitative estimate of drug-likeness (QED) is 0.210. The first-order chi connectivity index (χ1) is 21.3. The molecule has 9 rings (SSSR count). The van der Waals surface area contributed by atoms with E-state index in [-0.39, 0.29) is 0 Å². The molecule has 202 valence electrons. The summed E-state index contributed by atoms with van der Waals surface area (Å²) in [6, 6.07) is 54.3. The number of para-hydroxylation sites is 2. The van der Waals surface area contributed by atoms with Gasteiger partial charge in [0.05, 0.1) is 0 Å². The van der Waals surface area contributed by atoms with E-state index in [2.05, 4.69) is 144 Å². The second-order valence-electron chi connectivity index (χ2n) is 11.0. The molecule has 0 aliphatic heterocycles. The Bertz CT molecular complexity index is 2450. The summed E-state index contributed by atoms with van der Waals surface area (Å²) in [5.74, 6) is 0. The Kier molecular flexibility index (Phi) is 5.40. The van der Waals surface area contributed by atoms with Crippen LogP contribution in [0.1, 0.15) is 0 Å². The molecule has 0 spiro atoms. The van der Waals surface area contributed by atoms with Crippen LogP contribution in [0.5, 0.6) is 0 Å². The van der Waals surface area contributed by atoms with Gasteiger partial charge in [0.15, 0.2) is 0 Å². The molecule has 3 heteroatoms. The monoisotopic (exact) mass is 567 g/mol. The predicted molar refractivity (Wildman–Crippen MR) is 184 cm³/mol. The molecule has 0 bridgehead atoms. The summed E-state index contributed by atoms with van der Waals surface area (Å²) >= 11 is 1.85. The van der Waals surface area contributed by atoms with Gasteiger partial charge >= 0.3 is 0 Å². The lowest BCUT2D eigenvalue weighted by Gasteiger charge is -2.25. The van der Waals surface area contributed by atoms with Gasteiger partial charge in [-0.25, -0.2) is 0 Å². The van der Waals surface area contributed by atoms with Crippen LogP contribution in [0.15, 0.2) is 156 Å². The van der Waals surface area contributed by atoms with E-state index in [0.717, 1.165) is 33.6 Å². The van der Waals surface area contributed by atoms with Crippen molar-refractivity contribution in [3.63, 3.8) is 0 Å². The highest BCUT2D eigenvalue weighted by Crippen LogP contribution is 2.41. The molecule has 0 aliphatic rings. The van der Waals surface area contributed by atoms with Gasteiger partial charge in [-0.1, -0.05) is 91.0 Å². The van der Waals surface area contributed by atoms with Gasteiger partial charge in [0.25, 0.3) is 0 Å². The van der Waals surface area contributed by atoms with Gasteiger partial charge in [-0.3, -0.25) is 0 Å². The normalized spacial score (nSPS) is 11.7. The number of hydrogen-bond donors (Lipinski definition) is 0. The Morgan fingerprint density at radius 1 is 0.419 bits per heavy atom. The fourth-order valence-corrected chi connectivity index (χ4v) is 7.55. The van der Waals surface area contributed by atoms with E-state index in [9.17, 15) is 0 Å². The lowest BCUT2D eigenvalue weighted by molar-refractivity contribution is 0.669. The van der Waals surface area contributed by atoms with E-state index < -0.39 is 0 Å². The number of fused-ring (bicyclic) bond motifs is 8. The Balaban J connectivity index is 1.13. The highest BCUT2D eigenvalue weighted by Gasteiger charge is 2.15. The molecule has 0 N–H and O–H groups in total. The molecule has 2 nitrogen and oxygen atoms in total. The second kappa shape index (κ2) is 9.59. The van der Waals surface area contributed by atoms with E-state index in [1.807, 2.05) is 23.5 Å². The molecule has 0 saturated heterocycles. The largest absolute Gasteiger partial charge is 0.456 e. The number of hydrogen-bond acceptors (Lipinski definition) is 3. The predicted octanol–water partition coefficient (Wildman–Crippen LogP) is 12.2. The molecular formula is C40H25NOS. The van der Waals surface area contributed by atoms with Crippen LogP contribution in [-0.2, 0) is 0 Å². The highest BCUT2D eigenvalue weighted by molar-refractivity contribution is 7.25. The van der Waals surface area contributed by atoms with Gasteiger partial charge in [-0.05, 0) is 82.6 Å². The first-order valence-electron chi connectivity index (χ1n) is 14.5. The molecule has 0 atom stereocenters. The lowest BCUT2D eigenvalue weighted by Crippen LogP contribution is -2.09. The number of benzene rings is 7. The van der Waals surface area contributed by atoms with Gasteiger partial charge in [-0.2, -0.15) is 0 Å². The summed E-state index contributed by atoms with van der Waals surface area (Å²) in [5.41, 5.74) is 7.67. The van der Waals surface area contributed by atoms with E-state index >= 15 is 0 Å². The summed E-state index contributed by atoms with van der Waals surface area (Å²) in [7, 11) is 0. The van der Waals surface area contributed by atoms with Crippen molar-refractivity contribution in [1.82, 2.24) is 0 Å². The molecule has 0 saturated carbocycles. The van der Waals surface area contributed by atoms with Gasteiger partial charge in [0, 0.05) is 48.0 Å². The smallest absolute Gasteiger partial charge is 0.136 e. The lowest BCUT2D eigenvalue weighted by atomic mass is 9.98. The maximum absolute atomic E-state index is 6.12. The van der Waals surface area contributed by atoms with Crippen molar-refractivity contribution >= 4 is 81.3 Å². The molecular weight excluding hydrogens is 543 g/mol. The van der Waals surface area contributed by atoms with E-state index in [1.54, 1.807) is 0 Å². The summed E-state index contributed by atoms with van der Waals surface area (Å²) < 4.78 is 8.74. The number of furan rings is 1. The summed E-state index contributed by atoms with van der Waals surface area (Å²) in [6.45, 7) is 0. The van der Waals surface area contributed by atoms with Gasteiger partial charge in [-0.15, -0.1) is 11.3 Å². The van der Waals surface area contributed by atoms with Gasteiger partial charge in [0.2, 0.25) is 0 Å². The number of rotatable bonds is 4. The van der Waals surface area contributed by atoms with Crippen LogP contribution in [-0.4, -0.2) is 0 Å². The molecule has 0 aliphatic carbocycles. The highest BCUT2D eigenvalue weighted by atomic mass is 32.1. The summed E-state index contributed by atoms with van der Waals surface area (Å²) in [4.78, 5) is 2.34. The number of thiophene rings is 1. The molecule has 0 unspecified atom stereocenters. The van der Waals surface area contributed by atoms with Crippen LogP contribution in [0.25, 0.3) is 64.0 Å². The van der Waals surface area contributed by atoms with Crippen LogP contribution in [0.4, 0.5) is 17.1 Å². The van der Waals surface area contributed by atoms with Crippen LogP contribution in [0.3, 0.4) is 0 Å². The fraction of sp³-hybridized carbons (Fsp3) is 0. The van der Waals surface area contributed by atoms with Crippen molar-refractivity contribution in [3.05, 3.63) is 152 Å². The van der Waals surface area contributed by atoms with Crippen molar-refractivity contribution in [2.24, 2.45) is 0 Å². The summed E-state index contributed by atoms with van der Waals surface area (Å²) in [5, 5.41) is 7.41. The zero-order valence-electron chi connectivity index (χ0n) is 23.2. The van der Waals surface area contributed by atoms with Crippen LogP contribution < -0.4 is 4.90 Å². The van der Waals surface area contributed by atoms with Gasteiger partial charge in [0.1, 0.15) is 11.2 Å². The number of anilines is 3. The molecule has 43 heavy (non-hydrogen) atoms. The fourth-order valence-electron chi connectivity index (χ4n) is 6.41. The molecule has 0 radical (unpaired) electrons. The Morgan fingerprint density at radius 2 is 1.09 bits per heavy atom. The molecule has 7 aromatic carbocycles. The molecule has 0 amide bonds. The van der Waals surface area contributed by atoms with Crippen molar-refractivity contribution < 1.29 is 4.42 Å². The zero-order chi connectivity index (χ0) is 28.3. The topological polar surface area (TPSA) is 16.4 Å². The molecule has 0 fully saturated rings. The molecule has 9 aromatic rings. The van der Waals surface area contributed by atoms with Crippen molar-refractivity contribution in [2.45, 2.75) is 0 Å². The average molecular weight is 568 g/mol. The maximum atomic E-state index is 6.12. The second-order valence-corrected chi connectivity index (χ2v) is 12.1. The Labute approximate surface area is 252 Å². The average Bonchev–Trinajstić information content (AvgIpc) is 3.64. The minimum Gasteiger partial charge on any atom is -0.456 e. The first-order valence-corrected chi connectivity index (χ1v) is 15.3. The summed E-state index contributed by atoms with van der Waals surface area (Å²) in [6.07, 6.45) is 0. The third-order valence-electron chi connectivity index (χ3n) is 8.45. The molecule has 2 aromatic heterocycles. The minimum atomic E-state index is 0.930.